The van der Waals surface area contributed by atoms with E-state index in [1.165, 1.54) is 4.90 Å². The number of nitrogens with zero attached hydrogens (tertiary/aromatic N) is 1. The monoisotopic (exact) mass is 262 g/mol. The molecule has 0 spiro atoms. The average molecular weight is 262 g/mol. The lowest BCUT2D eigenvalue weighted by Crippen LogP contribution is -2.41. The molecule has 7 heteroatoms. The largest absolute Gasteiger partial charge is 0.481 e. The number of hydrogen-bond acceptors (Lipinski definition) is 4. The minimum atomic E-state index is -0.919. The Morgan fingerprint density at radius 3 is 2.56 bits per heavy atom. The number of methoxy groups -OCH3 is 1. The summed E-state index contributed by atoms with van der Waals surface area (Å²) >= 11 is 0. The number of nitrogens with one attached hydrogen (secondary N) is 1. The summed E-state index contributed by atoms with van der Waals surface area (Å²) in [7, 11) is 3.14. The second-order valence-corrected chi connectivity index (χ2v) is 3.96. The molecular formula is C11H22N2O5. The van der Waals surface area contributed by atoms with Crippen LogP contribution < -0.4 is 5.32 Å². The summed E-state index contributed by atoms with van der Waals surface area (Å²) in [4.78, 5) is 23.5. The van der Waals surface area contributed by atoms with Crippen LogP contribution in [0.5, 0.6) is 0 Å². The van der Waals surface area contributed by atoms with Gasteiger partial charge in [0.2, 0.25) is 0 Å². The van der Waals surface area contributed by atoms with Gasteiger partial charge in [0, 0.05) is 27.2 Å². The van der Waals surface area contributed by atoms with Crippen molar-refractivity contribution in [3.63, 3.8) is 0 Å². The zero-order chi connectivity index (χ0) is 14.0. The number of amides is 2. The number of carbonyl (C=O) groups is 2. The summed E-state index contributed by atoms with van der Waals surface area (Å²) in [6.07, 6.45) is 0. The molecule has 7 nitrogen and oxygen atoms in total. The van der Waals surface area contributed by atoms with Crippen LogP contribution in [0.25, 0.3) is 0 Å². The highest BCUT2D eigenvalue weighted by Gasteiger charge is 2.16. The molecule has 0 aromatic carbocycles. The van der Waals surface area contributed by atoms with Crippen molar-refractivity contribution in [3.8, 4) is 0 Å². The molecule has 0 aromatic rings. The molecule has 0 rings (SSSR count). The zero-order valence-corrected chi connectivity index (χ0v) is 11.1. The Labute approximate surface area is 107 Å². The van der Waals surface area contributed by atoms with Crippen molar-refractivity contribution >= 4 is 12.0 Å². The Kier molecular flexibility index (Phi) is 8.95. The van der Waals surface area contributed by atoms with Crippen LogP contribution in [0.4, 0.5) is 4.79 Å². The number of carboxylic acids is 1. The SMILES string of the molecule is COCCOCCNC(=O)N(C)CC(C)C(=O)O. The predicted octanol–water partition coefficient (Wildman–Crippen LogP) is 0.0115. The van der Waals surface area contributed by atoms with Crippen molar-refractivity contribution in [2.24, 2.45) is 5.92 Å². The third-order valence-corrected chi connectivity index (χ3v) is 2.27. The summed E-state index contributed by atoms with van der Waals surface area (Å²) in [6.45, 7) is 3.51. The Morgan fingerprint density at radius 2 is 2.00 bits per heavy atom. The number of hydrogen-bond donors (Lipinski definition) is 2. The second-order valence-electron chi connectivity index (χ2n) is 3.96. The first-order valence-electron chi connectivity index (χ1n) is 5.77. The Balaban J connectivity index is 3.65. The molecule has 0 aliphatic heterocycles. The average Bonchev–Trinajstić information content (AvgIpc) is 2.32. The van der Waals surface area contributed by atoms with E-state index in [2.05, 4.69) is 5.32 Å². The molecule has 2 amide bonds. The second kappa shape index (κ2) is 9.67. The van der Waals surface area contributed by atoms with E-state index in [0.29, 0.717) is 26.4 Å². The smallest absolute Gasteiger partial charge is 0.317 e. The van der Waals surface area contributed by atoms with Crippen molar-refractivity contribution in [2.45, 2.75) is 6.92 Å². The molecule has 0 radical (unpaired) electrons. The fourth-order valence-electron chi connectivity index (χ4n) is 1.18. The summed E-state index contributed by atoms with van der Waals surface area (Å²) in [6, 6.07) is -0.307. The van der Waals surface area contributed by atoms with Crippen LogP contribution in [0.15, 0.2) is 0 Å². The van der Waals surface area contributed by atoms with Crippen LogP contribution in [-0.4, -0.2) is 69.1 Å². The minimum absolute atomic E-state index is 0.172. The fourth-order valence-corrected chi connectivity index (χ4v) is 1.18. The maximum Gasteiger partial charge on any atom is 0.317 e. The third-order valence-electron chi connectivity index (χ3n) is 2.27. The number of ether oxygens (including phenoxy) is 2. The predicted molar refractivity (Wildman–Crippen MR) is 65.5 cm³/mol. The van der Waals surface area contributed by atoms with Gasteiger partial charge in [-0.25, -0.2) is 4.79 Å². The summed E-state index contributed by atoms with van der Waals surface area (Å²) in [5, 5.41) is 11.4. The van der Waals surface area contributed by atoms with Gasteiger partial charge in [0.05, 0.1) is 25.7 Å². The highest BCUT2D eigenvalue weighted by molar-refractivity contribution is 5.75. The van der Waals surface area contributed by atoms with Crippen molar-refractivity contribution in [2.75, 3.05) is 47.1 Å². The summed E-state index contributed by atoms with van der Waals surface area (Å²) < 4.78 is 9.97. The van der Waals surface area contributed by atoms with E-state index in [1.54, 1.807) is 21.1 Å². The minimum Gasteiger partial charge on any atom is -0.481 e. The molecule has 18 heavy (non-hydrogen) atoms. The Morgan fingerprint density at radius 1 is 1.33 bits per heavy atom. The molecule has 2 N–H and O–H groups in total. The van der Waals surface area contributed by atoms with Gasteiger partial charge in [0.25, 0.3) is 0 Å². The molecule has 1 atom stereocenters. The first-order valence-corrected chi connectivity index (χ1v) is 5.77. The molecule has 0 heterocycles. The molecule has 0 aromatic heterocycles. The topological polar surface area (TPSA) is 88.1 Å². The lowest BCUT2D eigenvalue weighted by Gasteiger charge is -2.19. The van der Waals surface area contributed by atoms with Crippen molar-refractivity contribution in [1.82, 2.24) is 10.2 Å². The normalized spacial score (nSPS) is 11.9. The Hall–Kier alpha value is -1.34. The lowest BCUT2D eigenvalue weighted by atomic mass is 10.2. The van der Waals surface area contributed by atoms with E-state index in [0.717, 1.165) is 0 Å². The van der Waals surface area contributed by atoms with Crippen molar-refractivity contribution < 1.29 is 24.2 Å². The number of rotatable bonds is 9. The van der Waals surface area contributed by atoms with E-state index < -0.39 is 11.9 Å². The maximum absolute atomic E-state index is 11.5. The molecule has 0 aliphatic carbocycles. The van der Waals surface area contributed by atoms with Gasteiger partial charge < -0.3 is 24.8 Å². The molecular weight excluding hydrogens is 240 g/mol. The van der Waals surface area contributed by atoms with Gasteiger partial charge in [-0.1, -0.05) is 6.92 Å². The van der Waals surface area contributed by atoms with Gasteiger partial charge in [-0.05, 0) is 0 Å². The van der Waals surface area contributed by atoms with Crippen molar-refractivity contribution in [3.05, 3.63) is 0 Å². The van der Waals surface area contributed by atoms with Gasteiger partial charge in [0.1, 0.15) is 0 Å². The highest BCUT2D eigenvalue weighted by Crippen LogP contribution is 1.98. The van der Waals surface area contributed by atoms with Crippen LogP contribution in [0.3, 0.4) is 0 Å². The molecule has 0 fully saturated rings. The van der Waals surface area contributed by atoms with Gasteiger partial charge >= 0.3 is 12.0 Å². The van der Waals surface area contributed by atoms with Crippen LogP contribution in [0.1, 0.15) is 6.92 Å². The number of aliphatic carboxylic acids is 1. The van der Waals surface area contributed by atoms with Crippen LogP contribution in [-0.2, 0) is 14.3 Å². The van der Waals surface area contributed by atoms with Gasteiger partial charge in [-0.3, -0.25) is 4.79 Å². The molecule has 106 valence electrons. The van der Waals surface area contributed by atoms with E-state index in [4.69, 9.17) is 14.6 Å². The fraction of sp³-hybridized carbons (Fsp3) is 0.818. The van der Waals surface area contributed by atoms with Gasteiger partial charge in [-0.15, -0.1) is 0 Å². The quantitative estimate of drug-likeness (QED) is 0.572. The molecule has 0 bridgehead atoms. The molecule has 1 unspecified atom stereocenters. The van der Waals surface area contributed by atoms with Crippen LogP contribution in [0.2, 0.25) is 0 Å². The molecule has 0 saturated heterocycles. The van der Waals surface area contributed by atoms with Crippen LogP contribution in [0, 0.1) is 5.92 Å². The zero-order valence-electron chi connectivity index (χ0n) is 11.1. The maximum atomic E-state index is 11.5. The standard InChI is InChI=1S/C11H22N2O5/c1-9(10(14)15)8-13(2)11(16)12-4-5-18-7-6-17-3/h9H,4-8H2,1-3H3,(H,12,16)(H,14,15). The van der Waals surface area contributed by atoms with Gasteiger partial charge in [-0.2, -0.15) is 0 Å². The van der Waals surface area contributed by atoms with Crippen LogP contribution >= 0.6 is 0 Å². The van der Waals surface area contributed by atoms with E-state index >= 15 is 0 Å². The summed E-state index contributed by atoms with van der Waals surface area (Å²) in [5.41, 5.74) is 0. The number of carboxylic acid groups (broad SMARTS) is 1. The summed E-state index contributed by atoms with van der Waals surface area (Å²) in [5.74, 6) is -1.50. The van der Waals surface area contributed by atoms with Gasteiger partial charge in [0.15, 0.2) is 0 Å². The highest BCUT2D eigenvalue weighted by atomic mass is 16.5. The van der Waals surface area contributed by atoms with E-state index in [-0.39, 0.29) is 12.6 Å². The first kappa shape index (κ1) is 16.7. The number of urea groups is 1. The van der Waals surface area contributed by atoms with Crippen molar-refractivity contribution in [1.29, 1.82) is 0 Å². The third kappa shape index (κ3) is 7.86. The molecule has 0 saturated carbocycles. The van der Waals surface area contributed by atoms with E-state index in [9.17, 15) is 9.59 Å². The number of carbonyl (C=O) groups excluding carboxylic acids is 1. The van der Waals surface area contributed by atoms with E-state index in [1.807, 2.05) is 0 Å². The molecule has 0 aliphatic rings. The lowest BCUT2D eigenvalue weighted by molar-refractivity contribution is -0.141. The Bertz CT molecular complexity index is 260. The first-order chi connectivity index (χ1) is 8.49.